The van der Waals surface area contributed by atoms with E-state index in [1.165, 1.54) is 0 Å². The SMILES string of the molecule is CN(C)c1ccc(-c2ccc(OC3CCN(C(=O)C4=C(S(=O)(=O)c5ccccc5)c5ccccc5C4)CC3)nc2)cc1. The standard InChI is InChI=1S/C34H33N3O4S/c1-36(2)27-15-12-24(13-16-27)26-14-17-32(35-23-26)41-28-18-20-37(21-19-28)34(38)31-22-25-8-6-7-11-30(25)33(31)42(39,40)29-9-4-3-5-10-29/h3-17,23,28H,18-22H2,1-2H3. The first-order valence-electron chi connectivity index (χ1n) is 14.1. The normalized spacial score (nSPS) is 15.4. The summed E-state index contributed by atoms with van der Waals surface area (Å²) >= 11 is 0. The minimum Gasteiger partial charge on any atom is -0.474 e. The van der Waals surface area contributed by atoms with Gasteiger partial charge in [0.1, 0.15) is 6.10 Å². The zero-order valence-corrected chi connectivity index (χ0v) is 24.5. The van der Waals surface area contributed by atoms with Crippen molar-refractivity contribution in [2.75, 3.05) is 32.1 Å². The number of piperidine rings is 1. The van der Waals surface area contributed by atoms with Crippen LogP contribution in [0.1, 0.15) is 24.0 Å². The molecule has 0 atom stereocenters. The second-order valence-corrected chi connectivity index (χ2v) is 12.8. The highest BCUT2D eigenvalue weighted by Crippen LogP contribution is 2.40. The molecule has 1 saturated heterocycles. The second kappa shape index (κ2) is 11.4. The number of fused-ring (bicyclic) bond motifs is 1. The lowest BCUT2D eigenvalue weighted by Gasteiger charge is -2.32. The minimum atomic E-state index is -3.87. The number of carbonyl (C=O) groups excluding carboxylic acids is 1. The number of rotatable bonds is 7. The van der Waals surface area contributed by atoms with Crippen LogP contribution in [0, 0.1) is 0 Å². The number of benzene rings is 3. The molecule has 0 bridgehead atoms. The van der Waals surface area contributed by atoms with Crippen molar-refractivity contribution in [2.24, 2.45) is 0 Å². The van der Waals surface area contributed by atoms with Gasteiger partial charge in [-0.3, -0.25) is 4.79 Å². The fraction of sp³-hybridized carbons (Fsp3) is 0.235. The van der Waals surface area contributed by atoms with Gasteiger partial charge in [-0.2, -0.15) is 0 Å². The van der Waals surface area contributed by atoms with Gasteiger partial charge in [0.25, 0.3) is 5.91 Å². The van der Waals surface area contributed by atoms with E-state index in [-0.39, 0.29) is 21.8 Å². The van der Waals surface area contributed by atoms with Crippen molar-refractivity contribution < 1.29 is 17.9 Å². The Kier molecular flexibility index (Phi) is 7.56. The molecule has 1 aliphatic carbocycles. The molecule has 214 valence electrons. The lowest BCUT2D eigenvalue weighted by atomic mass is 10.1. The van der Waals surface area contributed by atoms with E-state index < -0.39 is 9.84 Å². The van der Waals surface area contributed by atoms with Crippen LogP contribution in [-0.4, -0.2) is 57.5 Å². The summed E-state index contributed by atoms with van der Waals surface area (Å²) < 4.78 is 33.7. The van der Waals surface area contributed by atoms with Crippen molar-refractivity contribution in [3.63, 3.8) is 0 Å². The lowest BCUT2D eigenvalue weighted by Crippen LogP contribution is -2.42. The summed E-state index contributed by atoms with van der Waals surface area (Å²) in [6.07, 6.45) is 3.33. The van der Waals surface area contributed by atoms with E-state index in [0.29, 0.717) is 49.4 Å². The highest BCUT2D eigenvalue weighted by molar-refractivity contribution is 8.00. The third kappa shape index (κ3) is 5.42. The highest BCUT2D eigenvalue weighted by atomic mass is 32.2. The van der Waals surface area contributed by atoms with Crippen LogP contribution in [0.4, 0.5) is 5.69 Å². The predicted molar refractivity (Wildman–Crippen MR) is 165 cm³/mol. The molecule has 0 unspecified atom stereocenters. The number of pyridine rings is 1. The van der Waals surface area contributed by atoms with Gasteiger partial charge in [-0.05, 0) is 47.0 Å². The summed E-state index contributed by atoms with van der Waals surface area (Å²) in [5, 5.41) is 0. The first kappa shape index (κ1) is 27.7. The quantitative estimate of drug-likeness (QED) is 0.283. The van der Waals surface area contributed by atoms with Crippen molar-refractivity contribution in [2.45, 2.75) is 30.3 Å². The number of aromatic nitrogens is 1. The Morgan fingerprint density at radius 1 is 0.857 bits per heavy atom. The summed E-state index contributed by atoms with van der Waals surface area (Å²) in [6.45, 7) is 0.969. The molecule has 1 fully saturated rings. The third-order valence-corrected chi connectivity index (χ3v) is 9.85. The average Bonchev–Trinajstić information content (AvgIpc) is 3.43. The Labute approximate surface area is 247 Å². The predicted octanol–water partition coefficient (Wildman–Crippen LogP) is 5.63. The number of anilines is 1. The molecular formula is C34H33N3O4S. The molecule has 4 aromatic rings. The van der Waals surface area contributed by atoms with E-state index in [9.17, 15) is 13.2 Å². The van der Waals surface area contributed by atoms with Gasteiger partial charge >= 0.3 is 0 Å². The lowest BCUT2D eigenvalue weighted by molar-refractivity contribution is -0.128. The van der Waals surface area contributed by atoms with Crippen molar-refractivity contribution in [3.8, 4) is 17.0 Å². The zero-order chi connectivity index (χ0) is 29.3. The van der Waals surface area contributed by atoms with Crippen LogP contribution in [-0.2, 0) is 21.1 Å². The third-order valence-electron chi connectivity index (χ3n) is 7.95. The molecule has 3 aromatic carbocycles. The van der Waals surface area contributed by atoms with Crippen LogP contribution in [0.3, 0.4) is 0 Å². The van der Waals surface area contributed by atoms with Gasteiger partial charge in [-0.15, -0.1) is 0 Å². The molecule has 2 heterocycles. The van der Waals surface area contributed by atoms with Crippen LogP contribution in [0.15, 0.2) is 108 Å². The summed E-state index contributed by atoms with van der Waals surface area (Å²) in [7, 11) is 0.162. The number of carbonyl (C=O) groups is 1. The first-order valence-corrected chi connectivity index (χ1v) is 15.6. The zero-order valence-electron chi connectivity index (χ0n) is 23.7. The number of amides is 1. The Hall–Kier alpha value is -4.43. The largest absolute Gasteiger partial charge is 0.474 e. The Bertz CT molecular complexity index is 1720. The topological polar surface area (TPSA) is 79.8 Å². The van der Waals surface area contributed by atoms with Gasteiger partial charge < -0.3 is 14.5 Å². The van der Waals surface area contributed by atoms with Crippen molar-refractivity contribution >= 4 is 26.3 Å². The van der Waals surface area contributed by atoms with E-state index in [2.05, 4.69) is 34.1 Å². The molecule has 42 heavy (non-hydrogen) atoms. The highest BCUT2D eigenvalue weighted by Gasteiger charge is 2.37. The number of hydrogen-bond acceptors (Lipinski definition) is 6. The smallest absolute Gasteiger partial charge is 0.251 e. The molecule has 0 N–H and O–H groups in total. The van der Waals surface area contributed by atoms with Crippen LogP contribution >= 0.6 is 0 Å². The molecule has 6 rings (SSSR count). The number of hydrogen-bond donors (Lipinski definition) is 0. The summed E-state index contributed by atoms with van der Waals surface area (Å²) in [6, 6.07) is 27.9. The maximum atomic E-state index is 13.8. The fourth-order valence-electron chi connectivity index (χ4n) is 5.64. The second-order valence-electron chi connectivity index (χ2n) is 10.9. The van der Waals surface area contributed by atoms with Gasteiger partial charge in [0.15, 0.2) is 0 Å². The summed E-state index contributed by atoms with van der Waals surface area (Å²) in [5.74, 6) is 0.334. The van der Waals surface area contributed by atoms with E-state index in [1.807, 2.05) is 50.6 Å². The molecule has 0 saturated carbocycles. The van der Waals surface area contributed by atoms with E-state index >= 15 is 0 Å². The molecule has 2 aliphatic rings. The maximum absolute atomic E-state index is 13.8. The van der Waals surface area contributed by atoms with Crippen LogP contribution < -0.4 is 9.64 Å². The number of ether oxygens (including phenoxy) is 1. The van der Waals surface area contributed by atoms with E-state index in [4.69, 9.17) is 4.74 Å². The van der Waals surface area contributed by atoms with Crippen LogP contribution in [0.5, 0.6) is 5.88 Å². The van der Waals surface area contributed by atoms with E-state index in [1.54, 1.807) is 41.3 Å². The number of sulfone groups is 1. The monoisotopic (exact) mass is 579 g/mol. The molecule has 1 amide bonds. The molecule has 7 nitrogen and oxygen atoms in total. The fourth-order valence-corrected chi connectivity index (χ4v) is 7.36. The molecule has 1 aromatic heterocycles. The Balaban J connectivity index is 1.14. The summed E-state index contributed by atoms with van der Waals surface area (Å²) in [5.41, 5.74) is 5.06. The van der Waals surface area contributed by atoms with Gasteiger partial charge in [0.05, 0.1) is 9.80 Å². The van der Waals surface area contributed by atoms with E-state index in [0.717, 1.165) is 22.4 Å². The molecule has 8 heteroatoms. The number of likely N-dealkylation sites (tertiary alicyclic amines) is 1. The molecule has 0 radical (unpaired) electrons. The maximum Gasteiger partial charge on any atom is 0.251 e. The molecule has 0 spiro atoms. The Morgan fingerprint density at radius 3 is 2.19 bits per heavy atom. The van der Waals surface area contributed by atoms with Crippen molar-refractivity contribution in [3.05, 3.63) is 114 Å². The van der Waals surface area contributed by atoms with Crippen LogP contribution in [0.2, 0.25) is 0 Å². The van der Waals surface area contributed by atoms with Crippen molar-refractivity contribution in [1.82, 2.24) is 9.88 Å². The molecule has 1 aliphatic heterocycles. The summed E-state index contributed by atoms with van der Waals surface area (Å²) in [4.78, 5) is 22.5. The van der Waals surface area contributed by atoms with Gasteiger partial charge in [-0.25, -0.2) is 13.4 Å². The van der Waals surface area contributed by atoms with Gasteiger partial charge in [0, 0.05) is 75.5 Å². The van der Waals surface area contributed by atoms with Crippen LogP contribution in [0.25, 0.3) is 16.0 Å². The van der Waals surface area contributed by atoms with Gasteiger partial charge in [-0.1, -0.05) is 54.6 Å². The van der Waals surface area contributed by atoms with Gasteiger partial charge in [0.2, 0.25) is 15.7 Å². The molecular weight excluding hydrogens is 546 g/mol. The average molecular weight is 580 g/mol. The first-order chi connectivity index (χ1) is 20.3. The Morgan fingerprint density at radius 2 is 1.52 bits per heavy atom. The number of nitrogens with zero attached hydrogens (tertiary/aromatic N) is 3. The minimum absolute atomic E-state index is 0.0750. The van der Waals surface area contributed by atoms with Crippen molar-refractivity contribution in [1.29, 1.82) is 0 Å².